The molecule has 0 radical (unpaired) electrons. The fourth-order valence-electron chi connectivity index (χ4n) is 2.50. The van der Waals surface area contributed by atoms with Gasteiger partial charge in [0.1, 0.15) is 5.82 Å². The van der Waals surface area contributed by atoms with Crippen molar-refractivity contribution < 1.29 is 18.5 Å². The summed E-state index contributed by atoms with van der Waals surface area (Å²) in [4.78, 5) is 30.1. The van der Waals surface area contributed by atoms with E-state index in [1.165, 1.54) is 12.1 Å². The van der Waals surface area contributed by atoms with Crippen molar-refractivity contribution in [1.82, 2.24) is 20.4 Å². The monoisotopic (exact) mass is 376 g/mol. The Kier molecular flexibility index (Phi) is 7.91. The first kappa shape index (κ1) is 20.5. The van der Waals surface area contributed by atoms with Crippen LogP contribution in [0.1, 0.15) is 39.0 Å². The van der Waals surface area contributed by atoms with Crippen molar-refractivity contribution in [3.63, 3.8) is 0 Å². The molecule has 0 saturated heterocycles. The molecule has 2 aromatic rings. The summed E-state index contributed by atoms with van der Waals surface area (Å²) in [5.74, 6) is 0.0449. The van der Waals surface area contributed by atoms with E-state index in [0.717, 1.165) is 12.8 Å². The van der Waals surface area contributed by atoms with Crippen LogP contribution in [0.3, 0.4) is 0 Å². The summed E-state index contributed by atoms with van der Waals surface area (Å²) in [5, 5.41) is 6.63. The molecule has 8 heteroatoms. The van der Waals surface area contributed by atoms with Gasteiger partial charge in [0.05, 0.1) is 6.54 Å². The maximum absolute atomic E-state index is 13.0. The average molecular weight is 376 g/mol. The van der Waals surface area contributed by atoms with Crippen molar-refractivity contribution in [1.29, 1.82) is 0 Å². The van der Waals surface area contributed by atoms with E-state index in [9.17, 15) is 14.0 Å². The molecule has 27 heavy (non-hydrogen) atoms. The van der Waals surface area contributed by atoms with Crippen molar-refractivity contribution >= 4 is 11.8 Å². The van der Waals surface area contributed by atoms with E-state index in [4.69, 9.17) is 4.52 Å². The molecule has 0 aliphatic heterocycles. The Balaban J connectivity index is 1.90. The number of carbonyl (C=O) groups is 2. The maximum atomic E-state index is 13.0. The number of carbonyl (C=O) groups excluding carboxylic acids is 2. The lowest BCUT2D eigenvalue weighted by Gasteiger charge is -2.21. The van der Waals surface area contributed by atoms with Crippen LogP contribution in [-0.2, 0) is 16.0 Å². The molecule has 2 rings (SSSR count). The maximum Gasteiger partial charge on any atom is 0.239 e. The molecule has 146 valence electrons. The summed E-state index contributed by atoms with van der Waals surface area (Å²) in [7, 11) is 0. The van der Waals surface area contributed by atoms with E-state index in [2.05, 4.69) is 15.5 Å². The Bertz CT molecular complexity index is 746. The molecule has 0 aliphatic carbocycles. The van der Waals surface area contributed by atoms with Crippen LogP contribution in [-0.4, -0.2) is 46.5 Å². The highest BCUT2D eigenvalue weighted by Crippen LogP contribution is 2.16. The topological polar surface area (TPSA) is 88.3 Å². The lowest BCUT2D eigenvalue weighted by molar-refractivity contribution is -0.136. The fraction of sp³-hybridized carbons (Fsp3) is 0.474. The molecule has 0 saturated carbocycles. The molecule has 0 bridgehead atoms. The van der Waals surface area contributed by atoms with Crippen LogP contribution in [0, 0.1) is 5.82 Å². The second kappa shape index (κ2) is 10.4. The molecule has 1 heterocycles. The third-order valence-electron chi connectivity index (χ3n) is 3.88. The summed E-state index contributed by atoms with van der Waals surface area (Å²) < 4.78 is 18.1. The normalized spacial score (nSPS) is 10.6. The minimum Gasteiger partial charge on any atom is -0.355 e. The summed E-state index contributed by atoms with van der Waals surface area (Å²) in [5.41, 5.74) is 0.637. The van der Waals surface area contributed by atoms with Gasteiger partial charge in [-0.3, -0.25) is 9.59 Å². The van der Waals surface area contributed by atoms with Gasteiger partial charge in [-0.25, -0.2) is 4.39 Å². The summed E-state index contributed by atoms with van der Waals surface area (Å²) in [6.07, 6.45) is 2.07. The smallest absolute Gasteiger partial charge is 0.239 e. The third-order valence-corrected chi connectivity index (χ3v) is 3.88. The molecule has 1 aromatic heterocycles. The van der Waals surface area contributed by atoms with Gasteiger partial charge in [-0.15, -0.1) is 0 Å². The minimum atomic E-state index is -0.341. The van der Waals surface area contributed by atoms with Crippen molar-refractivity contribution in [2.24, 2.45) is 0 Å². The molecule has 1 N–H and O–H groups in total. The van der Waals surface area contributed by atoms with Crippen LogP contribution in [0.25, 0.3) is 11.4 Å². The number of halogens is 1. The molecule has 0 unspecified atom stereocenters. The van der Waals surface area contributed by atoms with Crippen molar-refractivity contribution in [2.45, 2.75) is 39.5 Å². The zero-order valence-electron chi connectivity index (χ0n) is 15.7. The number of nitrogens with one attached hydrogen (secondary N) is 1. The highest BCUT2D eigenvalue weighted by molar-refractivity contribution is 5.84. The van der Waals surface area contributed by atoms with Gasteiger partial charge in [0.2, 0.25) is 23.5 Å². The fourth-order valence-corrected chi connectivity index (χ4v) is 2.50. The van der Waals surface area contributed by atoms with Gasteiger partial charge in [0, 0.05) is 31.5 Å². The molecule has 0 aliphatic rings. The van der Waals surface area contributed by atoms with Crippen molar-refractivity contribution in [3.05, 3.63) is 36.0 Å². The standard InChI is InChI=1S/C19H25FN4O3/c1-3-11-21-16(25)13-24(12-4-2)18(26)10-9-17-22-19(23-27-17)14-5-7-15(20)8-6-14/h5-8H,3-4,9-13H2,1-2H3,(H,21,25). The van der Waals surface area contributed by atoms with E-state index in [-0.39, 0.29) is 37.0 Å². The largest absolute Gasteiger partial charge is 0.355 e. The Hall–Kier alpha value is -2.77. The lowest BCUT2D eigenvalue weighted by Crippen LogP contribution is -2.41. The van der Waals surface area contributed by atoms with Gasteiger partial charge in [0.25, 0.3) is 0 Å². The second-order valence-electron chi connectivity index (χ2n) is 6.18. The average Bonchev–Trinajstić information content (AvgIpc) is 3.13. The lowest BCUT2D eigenvalue weighted by atomic mass is 10.2. The van der Waals surface area contributed by atoms with Crippen LogP contribution in [0.15, 0.2) is 28.8 Å². The molecule has 1 aromatic carbocycles. The first-order valence-corrected chi connectivity index (χ1v) is 9.16. The number of benzene rings is 1. The number of aryl methyl sites for hydroxylation is 1. The number of nitrogens with zero attached hydrogens (tertiary/aromatic N) is 3. The summed E-state index contributed by atoms with van der Waals surface area (Å²) >= 11 is 0. The Morgan fingerprint density at radius 3 is 2.59 bits per heavy atom. The Morgan fingerprint density at radius 1 is 1.19 bits per heavy atom. The van der Waals surface area contributed by atoms with Gasteiger partial charge in [-0.1, -0.05) is 19.0 Å². The van der Waals surface area contributed by atoms with Gasteiger partial charge >= 0.3 is 0 Å². The predicted molar refractivity (Wildman–Crippen MR) is 98.2 cm³/mol. The second-order valence-corrected chi connectivity index (χ2v) is 6.18. The van der Waals surface area contributed by atoms with Crippen LogP contribution in [0.4, 0.5) is 4.39 Å². The van der Waals surface area contributed by atoms with Gasteiger partial charge in [0.15, 0.2) is 0 Å². The minimum absolute atomic E-state index is 0.0529. The van der Waals surface area contributed by atoms with Crippen LogP contribution >= 0.6 is 0 Å². The van der Waals surface area contributed by atoms with Gasteiger partial charge < -0.3 is 14.7 Å². The molecule has 0 atom stereocenters. The van der Waals surface area contributed by atoms with Crippen molar-refractivity contribution in [3.8, 4) is 11.4 Å². The number of rotatable bonds is 10. The Labute approximate surface area is 157 Å². The van der Waals surface area contributed by atoms with Gasteiger partial charge in [-0.05, 0) is 37.1 Å². The number of hydrogen-bond acceptors (Lipinski definition) is 5. The van der Waals surface area contributed by atoms with E-state index >= 15 is 0 Å². The number of amides is 2. The highest BCUT2D eigenvalue weighted by Gasteiger charge is 2.18. The first-order valence-electron chi connectivity index (χ1n) is 9.16. The van der Waals surface area contributed by atoms with Crippen LogP contribution in [0.5, 0.6) is 0 Å². The molecule has 0 fully saturated rings. The zero-order chi connectivity index (χ0) is 19.6. The Morgan fingerprint density at radius 2 is 1.93 bits per heavy atom. The zero-order valence-corrected chi connectivity index (χ0v) is 15.7. The number of hydrogen-bond donors (Lipinski definition) is 1. The first-order chi connectivity index (χ1) is 13.0. The van der Waals surface area contributed by atoms with Crippen molar-refractivity contribution in [2.75, 3.05) is 19.6 Å². The van der Waals surface area contributed by atoms with E-state index in [1.807, 2.05) is 13.8 Å². The van der Waals surface area contributed by atoms with E-state index < -0.39 is 0 Å². The van der Waals surface area contributed by atoms with E-state index in [0.29, 0.717) is 30.4 Å². The highest BCUT2D eigenvalue weighted by atomic mass is 19.1. The molecule has 0 spiro atoms. The van der Waals surface area contributed by atoms with Crippen LogP contribution in [0.2, 0.25) is 0 Å². The molecule has 2 amide bonds. The third kappa shape index (κ3) is 6.47. The van der Waals surface area contributed by atoms with Gasteiger partial charge in [-0.2, -0.15) is 4.98 Å². The summed E-state index contributed by atoms with van der Waals surface area (Å²) in [6, 6.07) is 5.77. The predicted octanol–water partition coefficient (Wildman–Crippen LogP) is 2.57. The SMILES string of the molecule is CCCNC(=O)CN(CCC)C(=O)CCc1nc(-c2ccc(F)cc2)no1. The van der Waals surface area contributed by atoms with Crippen LogP contribution < -0.4 is 5.32 Å². The quantitative estimate of drug-likeness (QED) is 0.688. The molecular weight excluding hydrogens is 351 g/mol. The number of aromatic nitrogens is 2. The molecule has 7 nitrogen and oxygen atoms in total. The van der Waals surface area contributed by atoms with E-state index in [1.54, 1.807) is 17.0 Å². The molecular formula is C19H25FN4O3. The summed E-state index contributed by atoms with van der Waals surface area (Å²) in [6.45, 7) is 5.10.